The molecule has 1 aliphatic rings. The van der Waals surface area contributed by atoms with Gasteiger partial charge in [-0.25, -0.2) is 0 Å². The molecule has 0 radical (unpaired) electrons. The predicted octanol–water partition coefficient (Wildman–Crippen LogP) is 2.00. The largest absolute Gasteiger partial charge is 0.481 e. The molecule has 0 aromatic rings. The van der Waals surface area contributed by atoms with Gasteiger partial charge in [0.2, 0.25) is 0 Å². The molecular weight excluding hydrogens is 202 g/mol. The van der Waals surface area contributed by atoms with E-state index in [-0.39, 0.29) is 23.9 Å². The molecular formula is C10H20ClNO2. The van der Waals surface area contributed by atoms with Gasteiger partial charge in [0.15, 0.2) is 0 Å². The maximum Gasteiger partial charge on any atom is 0.307 e. The van der Waals surface area contributed by atoms with Crippen molar-refractivity contribution in [3.05, 3.63) is 0 Å². The molecule has 0 aromatic heterocycles. The van der Waals surface area contributed by atoms with E-state index in [0.29, 0.717) is 6.54 Å². The van der Waals surface area contributed by atoms with Gasteiger partial charge in [0.25, 0.3) is 0 Å². The summed E-state index contributed by atoms with van der Waals surface area (Å²) in [6.45, 7) is 8.15. The lowest BCUT2D eigenvalue weighted by Crippen LogP contribution is -2.48. The van der Waals surface area contributed by atoms with Gasteiger partial charge in [-0.1, -0.05) is 0 Å². The van der Waals surface area contributed by atoms with Gasteiger partial charge < -0.3 is 5.11 Å². The van der Waals surface area contributed by atoms with Crippen LogP contribution in [0.5, 0.6) is 0 Å². The molecule has 1 atom stereocenters. The molecule has 0 aliphatic carbocycles. The number of carbonyl (C=O) groups is 1. The molecule has 84 valence electrons. The number of likely N-dealkylation sites (tertiary alicyclic amines) is 1. The molecule has 1 aliphatic heterocycles. The minimum atomic E-state index is -0.644. The summed E-state index contributed by atoms with van der Waals surface area (Å²) in [7, 11) is 0. The Kier molecular flexibility index (Phi) is 4.89. The van der Waals surface area contributed by atoms with Gasteiger partial charge in [0, 0.05) is 12.1 Å². The number of halogens is 1. The van der Waals surface area contributed by atoms with Crippen LogP contribution in [0.3, 0.4) is 0 Å². The molecule has 0 saturated carbocycles. The zero-order chi connectivity index (χ0) is 10.1. The fraction of sp³-hybridized carbons (Fsp3) is 0.900. The minimum absolute atomic E-state index is 0. The first-order valence-electron chi connectivity index (χ1n) is 4.89. The lowest BCUT2D eigenvalue weighted by molar-refractivity contribution is -0.144. The maximum absolute atomic E-state index is 10.8. The number of carboxylic acid groups (broad SMARTS) is 1. The zero-order valence-electron chi connectivity index (χ0n) is 9.12. The molecule has 1 N–H and O–H groups in total. The summed E-state index contributed by atoms with van der Waals surface area (Å²) in [4.78, 5) is 13.1. The van der Waals surface area contributed by atoms with E-state index in [1.54, 1.807) is 0 Å². The number of carboxylic acids is 1. The quantitative estimate of drug-likeness (QED) is 0.737. The van der Waals surface area contributed by atoms with Crippen molar-refractivity contribution < 1.29 is 9.90 Å². The van der Waals surface area contributed by atoms with Crippen LogP contribution >= 0.6 is 12.4 Å². The molecule has 14 heavy (non-hydrogen) atoms. The second kappa shape index (κ2) is 4.99. The monoisotopic (exact) mass is 221 g/mol. The van der Waals surface area contributed by atoms with Crippen LogP contribution in [0.2, 0.25) is 0 Å². The highest BCUT2D eigenvalue weighted by Gasteiger charge is 2.30. The van der Waals surface area contributed by atoms with Crippen LogP contribution in [0.1, 0.15) is 33.6 Å². The van der Waals surface area contributed by atoms with E-state index in [1.165, 1.54) is 0 Å². The molecule has 1 rings (SSSR count). The van der Waals surface area contributed by atoms with Gasteiger partial charge in [-0.05, 0) is 40.2 Å². The van der Waals surface area contributed by atoms with Crippen molar-refractivity contribution in [1.82, 2.24) is 4.90 Å². The average Bonchev–Trinajstić information content (AvgIpc) is 2.03. The summed E-state index contributed by atoms with van der Waals surface area (Å²) < 4.78 is 0. The normalized spacial score (nSPS) is 24.1. The Morgan fingerprint density at radius 2 is 2.00 bits per heavy atom. The Morgan fingerprint density at radius 3 is 2.43 bits per heavy atom. The molecule has 4 heteroatoms. The molecule has 1 saturated heterocycles. The lowest BCUT2D eigenvalue weighted by Gasteiger charge is -2.40. The van der Waals surface area contributed by atoms with Crippen molar-refractivity contribution >= 4 is 18.4 Å². The number of aliphatic carboxylic acids is 1. The highest BCUT2D eigenvalue weighted by Crippen LogP contribution is 2.23. The summed E-state index contributed by atoms with van der Waals surface area (Å²) in [5.41, 5.74) is 0.105. The Labute approximate surface area is 91.9 Å². The summed E-state index contributed by atoms with van der Waals surface area (Å²) in [6, 6.07) is 0. The first-order valence-corrected chi connectivity index (χ1v) is 4.89. The van der Waals surface area contributed by atoms with Gasteiger partial charge in [0.1, 0.15) is 0 Å². The van der Waals surface area contributed by atoms with Crippen molar-refractivity contribution in [3.8, 4) is 0 Å². The Balaban J connectivity index is 0.00000169. The van der Waals surface area contributed by atoms with Crippen LogP contribution in [0, 0.1) is 5.92 Å². The first kappa shape index (κ1) is 13.7. The highest BCUT2D eigenvalue weighted by molar-refractivity contribution is 5.85. The van der Waals surface area contributed by atoms with E-state index < -0.39 is 5.97 Å². The average molecular weight is 222 g/mol. The molecule has 1 unspecified atom stereocenters. The molecule has 0 bridgehead atoms. The number of hydrogen-bond acceptors (Lipinski definition) is 2. The molecule has 0 spiro atoms. The van der Waals surface area contributed by atoms with Crippen LogP contribution in [-0.2, 0) is 4.79 Å². The number of piperidine rings is 1. The van der Waals surface area contributed by atoms with Crippen molar-refractivity contribution in [2.24, 2.45) is 5.92 Å². The third-order valence-corrected chi connectivity index (χ3v) is 2.72. The first-order chi connectivity index (χ1) is 5.91. The molecule has 0 aromatic carbocycles. The van der Waals surface area contributed by atoms with Gasteiger partial charge in [-0.15, -0.1) is 12.4 Å². The van der Waals surface area contributed by atoms with Gasteiger partial charge in [-0.3, -0.25) is 9.69 Å². The standard InChI is InChI=1S/C10H19NO2.ClH/c1-10(2,3)11-6-4-5-8(7-11)9(12)13;/h8H,4-7H2,1-3H3,(H,12,13);1H. The second-order valence-corrected chi connectivity index (χ2v) is 4.79. The van der Waals surface area contributed by atoms with Crippen LogP contribution in [-0.4, -0.2) is 34.6 Å². The molecule has 0 amide bonds. The van der Waals surface area contributed by atoms with E-state index in [9.17, 15) is 4.79 Å². The third kappa shape index (κ3) is 3.46. The van der Waals surface area contributed by atoms with E-state index in [2.05, 4.69) is 25.7 Å². The van der Waals surface area contributed by atoms with Crippen LogP contribution in [0.25, 0.3) is 0 Å². The van der Waals surface area contributed by atoms with Crippen LogP contribution in [0.15, 0.2) is 0 Å². The maximum atomic E-state index is 10.8. The summed E-state index contributed by atoms with van der Waals surface area (Å²) in [5.74, 6) is -0.804. The van der Waals surface area contributed by atoms with Gasteiger partial charge >= 0.3 is 5.97 Å². The number of hydrogen-bond donors (Lipinski definition) is 1. The second-order valence-electron chi connectivity index (χ2n) is 4.79. The lowest BCUT2D eigenvalue weighted by atomic mass is 9.94. The predicted molar refractivity (Wildman–Crippen MR) is 58.9 cm³/mol. The summed E-state index contributed by atoms with van der Waals surface area (Å²) >= 11 is 0. The highest BCUT2D eigenvalue weighted by atomic mass is 35.5. The Hall–Kier alpha value is -0.280. The smallest absolute Gasteiger partial charge is 0.307 e. The summed E-state index contributed by atoms with van der Waals surface area (Å²) in [6.07, 6.45) is 1.84. The minimum Gasteiger partial charge on any atom is -0.481 e. The SMILES string of the molecule is CC(C)(C)N1CCCC(C(=O)O)C1.Cl. The fourth-order valence-electron chi connectivity index (χ4n) is 1.79. The molecule has 3 nitrogen and oxygen atoms in total. The van der Waals surface area contributed by atoms with Gasteiger partial charge in [0.05, 0.1) is 5.92 Å². The van der Waals surface area contributed by atoms with E-state index in [1.807, 2.05) is 0 Å². The fourth-order valence-corrected chi connectivity index (χ4v) is 1.79. The molecule has 1 fully saturated rings. The van der Waals surface area contributed by atoms with Crippen molar-refractivity contribution in [3.63, 3.8) is 0 Å². The molecule has 1 heterocycles. The van der Waals surface area contributed by atoms with Crippen molar-refractivity contribution in [2.75, 3.05) is 13.1 Å². The van der Waals surface area contributed by atoms with Crippen LogP contribution < -0.4 is 0 Å². The Morgan fingerprint density at radius 1 is 1.43 bits per heavy atom. The van der Waals surface area contributed by atoms with Crippen molar-refractivity contribution in [1.29, 1.82) is 0 Å². The topological polar surface area (TPSA) is 40.5 Å². The van der Waals surface area contributed by atoms with Crippen molar-refractivity contribution in [2.45, 2.75) is 39.2 Å². The summed E-state index contributed by atoms with van der Waals surface area (Å²) in [5, 5.41) is 8.90. The third-order valence-electron chi connectivity index (χ3n) is 2.72. The van der Waals surface area contributed by atoms with Crippen LogP contribution in [0.4, 0.5) is 0 Å². The zero-order valence-corrected chi connectivity index (χ0v) is 9.93. The van der Waals surface area contributed by atoms with E-state index in [0.717, 1.165) is 19.4 Å². The van der Waals surface area contributed by atoms with E-state index in [4.69, 9.17) is 5.11 Å². The van der Waals surface area contributed by atoms with Gasteiger partial charge in [-0.2, -0.15) is 0 Å². The number of nitrogens with zero attached hydrogens (tertiary/aromatic N) is 1. The number of rotatable bonds is 1. The Bertz CT molecular complexity index is 201. The van der Waals surface area contributed by atoms with E-state index >= 15 is 0 Å².